The third-order valence-corrected chi connectivity index (χ3v) is 7.56. The lowest BCUT2D eigenvalue weighted by atomic mass is 10.1. The highest BCUT2D eigenvalue weighted by Gasteiger charge is 2.28. The van der Waals surface area contributed by atoms with Crippen LogP contribution in [0.4, 0.5) is 8.78 Å². The molecule has 0 saturated heterocycles. The minimum Gasteiger partial charge on any atom is -0.287 e. The lowest BCUT2D eigenvalue weighted by Gasteiger charge is -2.11. The Labute approximate surface area is 259 Å². The van der Waals surface area contributed by atoms with Gasteiger partial charge in [0.05, 0.1) is 6.54 Å². The molecule has 0 aliphatic heterocycles. The average Bonchev–Trinajstić information content (AvgIpc) is 3.86. The summed E-state index contributed by atoms with van der Waals surface area (Å²) >= 11 is 11.7. The van der Waals surface area contributed by atoms with E-state index in [1.165, 1.54) is 6.20 Å². The first-order valence-electron chi connectivity index (χ1n) is 13.8. The zero-order valence-corrected chi connectivity index (χ0v) is 24.6. The molecule has 1 fully saturated rings. The van der Waals surface area contributed by atoms with Gasteiger partial charge in [-0.1, -0.05) is 47.5 Å². The van der Waals surface area contributed by atoms with E-state index in [-0.39, 0.29) is 22.9 Å². The molecule has 0 amide bonds. The molecule has 8 nitrogen and oxygen atoms in total. The smallest absolute Gasteiger partial charge is 0.278 e. The van der Waals surface area contributed by atoms with Gasteiger partial charge in [0.1, 0.15) is 22.4 Å². The van der Waals surface area contributed by atoms with Crippen LogP contribution in [0.25, 0.3) is 33.6 Å². The van der Waals surface area contributed by atoms with Gasteiger partial charge in [0.15, 0.2) is 11.3 Å². The van der Waals surface area contributed by atoms with Gasteiger partial charge in [0.25, 0.3) is 17.5 Å². The summed E-state index contributed by atoms with van der Waals surface area (Å²) in [6.45, 7) is -0.727. The maximum Gasteiger partial charge on any atom is 0.278 e. The Hall–Kier alpha value is -4.54. The zero-order valence-electron chi connectivity index (χ0n) is 23.1. The molecule has 12 heteroatoms. The van der Waals surface area contributed by atoms with Gasteiger partial charge < -0.3 is 0 Å². The van der Waals surface area contributed by atoms with Crippen molar-refractivity contribution < 1.29 is 8.78 Å². The van der Waals surface area contributed by atoms with E-state index in [0.29, 0.717) is 38.9 Å². The first kappa shape index (κ1) is 29.5. The fourth-order valence-electron chi connectivity index (χ4n) is 4.85. The molecule has 4 heterocycles. The molecule has 0 unspecified atom stereocenters. The first-order valence-corrected chi connectivity index (χ1v) is 14.5. The lowest BCUT2D eigenvalue weighted by molar-refractivity contribution is 0.126. The number of alkyl halides is 2. The summed E-state index contributed by atoms with van der Waals surface area (Å²) in [7, 11) is 0. The molecule has 1 aliphatic carbocycles. The van der Waals surface area contributed by atoms with Crippen LogP contribution in [-0.2, 0) is 13.0 Å². The van der Waals surface area contributed by atoms with E-state index < -0.39 is 18.5 Å². The Balaban J connectivity index is 0.000000156. The molecule has 222 valence electrons. The van der Waals surface area contributed by atoms with Crippen molar-refractivity contribution in [3.63, 3.8) is 0 Å². The van der Waals surface area contributed by atoms with Gasteiger partial charge in [-0.25, -0.2) is 28.7 Å². The Kier molecular flexibility index (Phi) is 8.45. The number of hydrogen-bond acceptors (Lipinski definition) is 6. The fourth-order valence-corrected chi connectivity index (χ4v) is 5.10. The van der Waals surface area contributed by atoms with E-state index in [9.17, 15) is 18.4 Å². The summed E-state index contributed by atoms with van der Waals surface area (Å²) in [5.41, 5.74) is 3.57. The maximum absolute atomic E-state index is 12.8. The van der Waals surface area contributed by atoms with Crippen LogP contribution in [0, 0.1) is 0 Å². The van der Waals surface area contributed by atoms with Crippen molar-refractivity contribution in [3.05, 3.63) is 127 Å². The van der Waals surface area contributed by atoms with Crippen molar-refractivity contribution in [2.45, 2.75) is 38.3 Å². The van der Waals surface area contributed by atoms with E-state index >= 15 is 0 Å². The van der Waals surface area contributed by atoms with Gasteiger partial charge in [-0.15, -0.1) is 0 Å². The Morgan fingerprint density at radius 3 is 1.98 bits per heavy atom. The Morgan fingerprint density at radius 1 is 0.773 bits per heavy atom. The molecular weight excluding hydrogens is 609 g/mol. The van der Waals surface area contributed by atoms with Gasteiger partial charge in [-0.05, 0) is 66.9 Å². The van der Waals surface area contributed by atoms with Gasteiger partial charge >= 0.3 is 0 Å². The van der Waals surface area contributed by atoms with Crippen molar-refractivity contribution in [3.8, 4) is 11.3 Å². The molecule has 1 saturated carbocycles. The highest BCUT2D eigenvalue weighted by atomic mass is 35.5. The van der Waals surface area contributed by atoms with Crippen LogP contribution >= 0.6 is 23.2 Å². The van der Waals surface area contributed by atoms with Crippen molar-refractivity contribution in [1.82, 2.24) is 29.1 Å². The maximum atomic E-state index is 12.8. The second-order valence-corrected chi connectivity index (χ2v) is 11.1. The predicted octanol–water partition coefficient (Wildman–Crippen LogP) is 6.75. The first-order chi connectivity index (χ1) is 21.3. The molecule has 7 rings (SSSR count). The fraction of sp³-hybridized carbons (Fsp3) is 0.188. The molecule has 0 radical (unpaired) electrons. The number of nitrogens with zero attached hydrogens (tertiary/aromatic N) is 6. The average molecular weight is 633 g/mol. The highest BCUT2D eigenvalue weighted by Crippen LogP contribution is 2.35. The van der Waals surface area contributed by atoms with Crippen molar-refractivity contribution in [2.75, 3.05) is 0 Å². The van der Waals surface area contributed by atoms with E-state index in [1.807, 2.05) is 41.0 Å². The zero-order chi connectivity index (χ0) is 30.8. The number of fused-ring (bicyclic) bond motifs is 2. The lowest BCUT2D eigenvalue weighted by Crippen LogP contribution is -2.27. The monoisotopic (exact) mass is 632 g/mol. The van der Waals surface area contributed by atoms with Crippen molar-refractivity contribution in [1.29, 1.82) is 0 Å². The molecular formula is C32H24Cl2F2N6O2. The number of aromatic nitrogens is 6. The highest BCUT2D eigenvalue weighted by molar-refractivity contribution is 6.30. The molecule has 44 heavy (non-hydrogen) atoms. The van der Waals surface area contributed by atoms with Crippen LogP contribution < -0.4 is 11.1 Å². The quantitative estimate of drug-likeness (QED) is 0.202. The molecule has 1 aliphatic rings. The van der Waals surface area contributed by atoms with Gasteiger partial charge in [-0.2, -0.15) is 0 Å². The summed E-state index contributed by atoms with van der Waals surface area (Å²) in [6, 6.07) is 21.3. The van der Waals surface area contributed by atoms with Gasteiger partial charge in [0.2, 0.25) is 0 Å². The molecule has 0 N–H and O–H groups in total. The number of pyridine rings is 2. The summed E-state index contributed by atoms with van der Waals surface area (Å²) in [5, 5.41) is 1.20. The SMILES string of the molecule is O=c1c(-c2ccc(Cl)cc2)nc2cccnc2n1CC(F)F.O=c1c(Cc2ccc(Cl)cc2)nc2cccnc2n1C1CC1. The summed E-state index contributed by atoms with van der Waals surface area (Å²) in [5.74, 6) is 0. The largest absolute Gasteiger partial charge is 0.287 e. The Bertz CT molecular complexity index is 2080. The van der Waals surface area contributed by atoms with Crippen LogP contribution in [0.1, 0.15) is 30.1 Å². The second kappa shape index (κ2) is 12.6. The molecule has 6 aromatic rings. The van der Waals surface area contributed by atoms with Crippen LogP contribution in [0.5, 0.6) is 0 Å². The normalized spacial score (nSPS) is 12.8. The number of rotatable bonds is 6. The summed E-state index contributed by atoms with van der Waals surface area (Å²) in [6.07, 6.45) is 3.07. The minimum absolute atomic E-state index is 0.0244. The predicted molar refractivity (Wildman–Crippen MR) is 167 cm³/mol. The van der Waals surface area contributed by atoms with E-state index in [4.69, 9.17) is 23.2 Å². The number of hydrogen-bond donors (Lipinski definition) is 0. The standard InChI is InChI=1S/C17H14ClN3O.C15H10ClF2N3O/c18-12-5-3-11(4-6-12)10-15-17(22)21(13-7-8-13)16-14(20-15)2-1-9-19-16;16-10-5-3-9(4-6-10)13-15(22)21(8-12(17)18)14-11(20-13)2-1-7-19-14/h1-6,9,13H,7-8,10H2;1-7,12H,8H2. The third kappa shape index (κ3) is 6.36. The summed E-state index contributed by atoms with van der Waals surface area (Å²) in [4.78, 5) is 42.4. The molecule has 0 spiro atoms. The van der Waals surface area contributed by atoms with Crippen LogP contribution in [0.3, 0.4) is 0 Å². The topological polar surface area (TPSA) is 95.6 Å². The van der Waals surface area contributed by atoms with Crippen LogP contribution in [0.15, 0.2) is 94.8 Å². The Morgan fingerprint density at radius 2 is 1.36 bits per heavy atom. The third-order valence-electron chi connectivity index (χ3n) is 7.05. The minimum atomic E-state index is -2.66. The summed E-state index contributed by atoms with van der Waals surface area (Å²) < 4.78 is 28.3. The van der Waals surface area contributed by atoms with Crippen LogP contribution in [-0.4, -0.2) is 35.5 Å². The van der Waals surface area contributed by atoms with E-state index in [1.54, 1.807) is 42.6 Å². The van der Waals surface area contributed by atoms with E-state index in [0.717, 1.165) is 28.5 Å². The van der Waals surface area contributed by atoms with Crippen molar-refractivity contribution in [2.24, 2.45) is 0 Å². The second-order valence-electron chi connectivity index (χ2n) is 10.2. The molecule has 0 atom stereocenters. The number of halogens is 4. The van der Waals surface area contributed by atoms with Gasteiger partial charge in [0, 0.05) is 40.5 Å². The number of benzene rings is 2. The molecule has 0 bridgehead atoms. The van der Waals surface area contributed by atoms with Crippen LogP contribution in [0.2, 0.25) is 10.0 Å². The molecule has 2 aromatic carbocycles. The molecule has 4 aromatic heterocycles. The van der Waals surface area contributed by atoms with Crippen molar-refractivity contribution >= 4 is 45.5 Å². The van der Waals surface area contributed by atoms with E-state index in [2.05, 4.69) is 19.9 Å². The van der Waals surface area contributed by atoms with Gasteiger partial charge in [-0.3, -0.25) is 18.7 Å².